The summed E-state index contributed by atoms with van der Waals surface area (Å²) < 4.78 is 2.17. The quantitative estimate of drug-likeness (QED) is 0.562. The molecule has 1 heterocycles. The first-order chi connectivity index (χ1) is 6.79. The van der Waals surface area contributed by atoms with E-state index in [1.165, 1.54) is 0 Å². The normalized spacial score (nSPS) is 11.9. The Morgan fingerprint density at radius 2 is 1.93 bits per heavy atom. The summed E-state index contributed by atoms with van der Waals surface area (Å²) in [6.07, 6.45) is 0. The fraction of sp³-hybridized carbons (Fsp3) is 0.583. The van der Waals surface area contributed by atoms with Crippen LogP contribution < -0.4 is 0 Å². The van der Waals surface area contributed by atoms with Gasteiger partial charge < -0.3 is 4.57 Å². The van der Waals surface area contributed by atoms with Gasteiger partial charge in [0.1, 0.15) is 0 Å². The number of hydrogen-bond acceptors (Lipinski definition) is 1. The molecule has 0 saturated carbocycles. The number of alkyl halides is 1. The monoisotopic (exact) mass is 227 g/mol. The van der Waals surface area contributed by atoms with Gasteiger partial charge in [0.15, 0.2) is 5.78 Å². The van der Waals surface area contributed by atoms with Gasteiger partial charge in [-0.1, -0.05) is 0 Å². The standard InChI is InChI=1S/C12H18ClNO/c1-8-6-10(11(15)7-13)9(2)14(8)12(3,4)5/h6H,7H2,1-5H3. The van der Waals surface area contributed by atoms with E-state index in [1.54, 1.807) is 0 Å². The number of ketones is 1. The van der Waals surface area contributed by atoms with Gasteiger partial charge in [0, 0.05) is 22.5 Å². The molecule has 0 saturated heterocycles. The third kappa shape index (κ3) is 2.25. The van der Waals surface area contributed by atoms with Crippen molar-refractivity contribution in [2.24, 2.45) is 0 Å². The lowest BCUT2D eigenvalue weighted by molar-refractivity contribution is 0.102. The zero-order valence-corrected chi connectivity index (χ0v) is 10.8. The minimum atomic E-state index is -0.000983. The predicted octanol–water partition coefficient (Wildman–Crippen LogP) is 3.28. The Kier molecular flexibility index (Phi) is 3.29. The van der Waals surface area contributed by atoms with Crippen LogP contribution in [0.2, 0.25) is 0 Å². The van der Waals surface area contributed by atoms with Crippen LogP contribution in [0.1, 0.15) is 42.5 Å². The fourth-order valence-electron chi connectivity index (χ4n) is 2.15. The second-order valence-electron chi connectivity index (χ2n) is 4.85. The first-order valence-corrected chi connectivity index (χ1v) is 5.61. The molecule has 0 spiro atoms. The first-order valence-electron chi connectivity index (χ1n) is 5.07. The van der Waals surface area contributed by atoms with Crippen LogP contribution in [0, 0.1) is 13.8 Å². The Morgan fingerprint density at radius 3 is 2.27 bits per heavy atom. The molecule has 3 heteroatoms. The fourth-order valence-corrected chi connectivity index (χ4v) is 2.29. The van der Waals surface area contributed by atoms with Crippen molar-refractivity contribution in [1.82, 2.24) is 4.57 Å². The molecule has 0 aliphatic carbocycles. The summed E-state index contributed by atoms with van der Waals surface area (Å²) in [4.78, 5) is 11.6. The van der Waals surface area contributed by atoms with Crippen LogP contribution in [0.4, 0.5) is 0 Å². The number of Topliss-reactive ketones (excluding diaryl/α,β-unsaturated/α-hetero) is 1. The van der Waals surface area contributed by atoms with Crippen LogP contribution in [-0.4, -0.2) is 16.2 Å². The second-order valence-corrected chi connectivity index (χ2v) is 5.12. The molecule has 15 heavy (non-hydrogen) atoms. The molecule has 1 aromatic heterocycles. The van der Waals surface area contributed by atoms with Gasteiger partial charge in [-0.2, -0.15) is 0 Å². The number of nitrogens with zero attached hydrogens (tertiary/aromatic N) is 1. The summed E-state index contributed by atoms with van der Waals surface area (Å²) in [5.41, 5.74) is 2.86. The summed E-state index contributed by atoms with van der Waals surface area (Å²) in [5.74, 6) is 0.0503. The first kappa shape index (κ1) is 12.3. The van der Waals surface area contributed by atoms with E-state index in [4.69, 9.17) is 11.6 Å². The topological polar surface area (TPSA) is 22.0 Å². The maximum atomic E-state index is 11.6. The summed E-state index contributed by atoms with van der Waals surface area (Å²) in [6, 6.07) is 1.92. The molecule has 0 aliphatic rings. The molecule has 84 valence electrons. The third-order valence-electron chi connectivity index (χ3n) is 2.52. The zero-order chi connectivity index (χ0) is 11.8. The van der Waals surface area contributed by atoms with Crippen molar-refractivity contribution >= 4 is 17.4 Å². The summed E-state index contributed by atoms with van der Waals surface area (Å²) in [5, 5.41) is 0. The molecule has 1 rings (SSSR count). The maximum absolute atomic E-state index is 11.6. The van der Waals surface area contributed by atoms with E-state index in [0.29, 0.717) is 0 Å². The second kappa shape index (κ2) is 4.01. The molecule has 0 aromatic carbocycles. The van der Waals surface area contributed by atoms with Crippen LogP contribution in [0.5, 0.6) is 0 Å². The van der Waals surface area contributed by atoms with Crippen molar-refractivity contribution in [1.29, 1.82) is 0 Å². The van der Waals surface area contributed by atoms with Gasteiger partial charge in [0.05, 0.1) is 5.88 Å². The Morgan fingerprint density at radius 1 is 1.40 bits per heavy atom. The Labute approximate surface area is 96.2 Å². The molecule has 0 atom stereocenters. The number of hydrogen-bond donors (Lipinski definition) is 0. The SMILES string of the molecule is Cc1cc(C(=O)CCl)c(C)n1C(C)(C)C. The van der Waals surface area contributed by atoms with Gasteiger partial charge in [-0.3, -0.25) is 4.79 Å². The predicted molar refractivity (Wildman–Crippen MR) is 64.0 cm³/mol. The highest BCUT2D eigenvalue weighted by atomic mass is 35.5. The largest absolute Gasteiger partial charge is 0.343 e. The van der Waals surface area contributed by atoms with Crippen molar-refractivity contribution in [3.05, 3.63) is 23.0 Å². The average Bonchev–Trinajstić information content (AvgIpc) is 2.39. The van der Waals surface area contributed by atoms with Gasteiger partial charge in [-0.25, -0.2) is 0 Å². The van der Waals surface area contributed by atoms with E-state index in [1.807, 2.05) is 19.9 Å². The minimum absolute atomic E-state index is 0.000247. The summed E-state index contributed by atoms with van der Waals surface area (Å²) in [7, 11) is 0. The number of carbonyl (C=O) groups is 1. The Bertz CT molecular complexity index is 385. The molecule has 2 nitrogen and oxygen atoms in total. The third-order valence-corrected chi connectivity index (χ3v) is 2.77. The summed E-state index contributed by atoms with van der Waals surface area (Å²) in [6.45, 7) is 10.4. The van der Waals surface area contributed by atoms with Crippen molar-refractivity contribution in [2.45, 2.75) is 40.2 Å². The molecule has 0 unspecified atom stereocenters. The molecule has 0 amide bonds. The highest BCUT2D eigenvalue weighted by Crippen LogP contribution is 2.24. The lowest BCUT2D eigenvalue weighted by Gasteiger charge is -2.25. The van der Waals surface area contributed by atoms with Crippen molar-refractivity contribution in [3.8, 4) is 0 Å². The van der Waals surface area contributed by atoms with Crippen molar-refractivity contribution < 1.29 is 4.79 Å². The lowest BCUT2D eigenvalue weighted by atomic mass is 10.1. The zero-order valence-electron chi connectivity index (χ0n) is 10.0. The molecule has 0 N–H and O–H groups in total. The number of aryl methyl sites for hydroxylation is 1. The van der Waals surface area contributed by atoms with Gasteiger partial charge in [-0.15, -0.1) is 11.6 Å². The Hall–Kier alpha value is -0.760. The van der Waals surface area contributed by atoms with E-state index in [2.05, 4.69) is 25.3 Å². The molecular weight excluding hydrogens is 210 g/mol. The van der Waals surface area contributed by atoms with Crippen molar-refractivity contribution in [2.75, 3.05) is 5.88 Å². The van der Waals surface area contributed by atoms with Crippen LogP contribution >= 0.6 is 11.6 Å². The molecule has 0 fully saturated rings. The van der Waals surface area contributed by atoms with E-state index in [0.717, 1.165) is 17.0 Å². The number of aromatic nitrogens is 1. The number of halogens is 1. The van der Waals surface area contributed by atoms with Gasteiger partial charge in [0.25, 0.3) is 0 Å². The molecule has 0 bridgehead atoms. The van der Waals surface area contributed by atoms with Crippen LogP contribution in [0.15, 0.2) is 6.07 Å². The van der Waals surface area contributed by atoms with Crippen LogP contribution in [-0.2, 0) is 5.54 Å². The summed E-state index contributed by atoms with van der Waals surface area (Å²) >= 11 is 5.58. The van der Waals surface area contributed by atoms with Crippen LogP contribution in [0.3, 0.4) is 0 Å². The molecule has 1 aromatic rings. The number of carbonyl (C=O) groups excluding carboxylic acids is 1. The van der Waals surface area contributed by atoms with Gasteiger partial charge in [-0.05, 0) is 40.7 Å². The van der Waals surface area contributed by atoms with E-state index in [9.17, 15) is 4.79 Å². The van der Waals surface area contributed by atoms with E-state index in [-0.39, 0.29) is 17.2 Å². The average molecular weight is 228 g/mol. The van der Waals surface area contributed by atoms with Crippen LogP contribution in [0.25, 0.3) is 0 Å². The molecular formula is C12H18ClNO. The van der Waals surface area contributed by atoms with Gasteiger partial charge >= 0.3 is 0 Å². The minimum Gasteiger partial charge on any atom is -0.343 e. The van der Waals surface area contributed by atoms with Gasteiger partial charge in [0.2, 0.25) is 0 Å². The lowest BCUT2D eigenvalue weighted by Crippen LogP contribution is -2.24. The maximum Gasteiger partial charge on any atom is 0.179 e. The smallest absolute Gasteiger partial charge is 0.179 e. The van der Waals surface area contributed by atoms with E-state index >= 15 is 0 Å². The van der Waals surface area contributed by atoms with Crippen molar-refractivity contribution in [3.63, 3.8) is 0 Å². The number of rotatable bonds is 2. The molecule has 0 radical (unpaired) electrons. The Balaban J connectivity index is 3.33. The highest BCUT2D eigenvalue weighted by molar-refractivity contribution is 6.30. The highest BCUT2D eigenvalue weighted by Gasteiger charge is 2.21. The van der Waals surface area contributed by atoms with E-state index < -0.39 is 0 Å². The molecule has 0 aliphatic heterocycles.